The Labute approximate surface area is 124 Å². The fourth-order valence-corrected chi connectivity index (χ4v) is 3.30. The summed E-state index contributed by atoms with van der Waals surface area (Å²) in [6, 6.07) is 3.29. The average Bonchev–Trinajstić information content (AvgIpc) is 3.03. The molecule has 2 N–H and O–H groups in total. The van der Waals surface area contributed by atoms with Crippen LogP contribution in [0.5, 0.6) is 0 Å². The summed E-state index contributed by atoms with van der Waals surface area (Å²) in [5, 5.41) is 13.6. The summed E-state index contributed by atoms with van der Waals surface area (Å²) >= 11 is 0. The molecule has 1 unspecified atom stereocenters. The van der Waals surface area contributed by atoms with Gasteiger partial charge < -0.3 is 19.7 Å². The van der Waals surface area contributed by atoms with Crippen LogP contribution in [0.1, 0.15) is 25.5 Å². The minimum atomic E-state index is -1.91. The maximum atomic E-state index is 12.6. The van der Waals surface area contributed by atoms with Crippen molar-refractivity contribution in [3.05, 3.63) is 24.2 Å². The highest BCUT2D eigenvalue weighted by molar-refractivity contribution is 5.89. The van der Waals surface area contributed by atoms with Crippen molar-refractivity contribution in [3.63, 3.8) is 0 Å². The predicted molar refractivity (Wildman–Crippen MR) is 77.1 cm³/mol. The van der Waals surface area contributed by atoms with Gasteiger partial charge in [-0.3, -0.25) is 4.79 Å². The fourth-order valence-electron chi connectivity index (χ4n) is 3.30. The van der Waals surface area contributed by atoms with E-state index in [-0.39, 0.29) is 11.8 Å². The van der Waals surface area contributed by atoms with E-state index in [2.05, 4.69) is 22.1 Å². The zero-order valence-electron chi connectivity index (χ0n) is 12.1. The van der Waals surface area contributed by atoms with Gasteiger partial charge in [-0.2, -0.15) is 0 Å². The highest BCUT2D eigenvalue weighted by Crippen LogP contribution is 2.29. The van der Waals surface area contributed by atoms with Crippen LogP contribution in [0.3, 0.4) is 0 Å². The van der Waals surface area contributed by atoms with Crippen molar-refractivity contribution >= 4 is 5.91 Å². The maximum absolute atomic E-state index is 12.6. The second-order valence-corrected chi connectivity index (χ2v) is 5.78. The molecule has 0 aliphatic carbocycles. The first-order valence-electron chi connectivity index (χ1n) is 7.37. The zero-order valence-corrected chi connectivity index (χ0v) is 12.1. The van der Waals surface area contributed by atoms with E-state index in [0.29, 0.717) is 5.92 Å². The number of piperidine rings is 3. The number of carbonyl (C=O) groups is 1. The van der Waals surface area contributed by atoms with E-state index in [0.717, 1.165) is 32.5 Å². The number of hydrogen-bond donors (Lipinski definition) is 2. The number of fused-ring (bicyclic) bond motifs is 3. The molecule has 3 aliphatic heterocycles. The van der Waals surface area contributed by atoms with Crippen molar-refractivity contribution in [1.82, 2.24) is 10.2 Å². The number of furan rings is 1. The molecule has 3 fully saturated rings. The molecule has 2 atom stereocenters. The SMILES string of the molecule is CC#CC(O)(C(=O)N[C@H]1CN2CCC1CC2)c1ccco1. The van der Waals surface area contributed by atoms with Crippen LogP contribution in [0.15, 0.2) is 22.8 Å². The van der Waals surface area contributed by atoms with Gasteiger partial charge in [-0.25, -0.2) is 0 Å². The predicted octanol–water partition coefficient (Wildman–Crippen LogP) is 0.701. The minimum Gasteiger partial charge on any atom is -0.465 e. The van der Waals surface area contributed by atoms with E-state index in [1.54, 1.807) is 19.1 Å². The van der Waals surface area contributed by atoms with Gasteiger partial charge in [-0.1, -0.05) is 5.92 Å². The molecule has 21 heavy (non-hydrogen) atoms. The highest BCUT2D eigenvalue weighted by Gasteiger charge is 2.43. The third-order valence-corrected chi connectivity index (χ3v) is 4.48. The standard InChI is InChI=1S/C16H20N2O3/c1-2-7-16(20,14-4-3-10-21-14)15(19)17-13-11-18-8-5-12(13)6-9-18/h3-4,10,12-13,20H,5-6,8-9,11H2,1H3,(H,17,19)/t13-,16?/m0/s1. The quantitative estimate of drug-likeness (QED) is 0.804. The lowest BCUT2D eigenvalue weighted by Crippen LogP contribution is -2.59. The Hall–Kier alpha value is -1.77. The number of nitrogens with one attached hydrogen (secondary N) is 1. The molecule has 3 saturated heterocycles. The van der Waals surface area contributed by atoms with Crippen molar-refractivity contribution in [3.8, 4) is 11.8 Å². The number of hydrogen-bond acceptors (Lipinski definition) is 4. The molecular weight excluding hydrogens is 268 g/mol. The first-order valence-corrected chi connectivity index (χ1v) is 7.37. The Kier molecular flexibility index (Phi) is 3.75. The second kappa shape index (κ2) is 5.55. The number of carbonyl (C=O) groups excluding carboxylic acids is 1. The summed E-state index contributed by atoms with van der Waals surface area (Å²) in [5.74, 6) is 5.36. The molecule has 2 bridgehead atoms. The van der Waals surface area contributed by atoms with Crippen molar-refractivity contribution < 1.29 is 14.3 Å². The lowest BCUT2D eigenvalue weighted by Gasteiger charge is -2.45. The number of amides is 1. The van der Waals surface area contributed by atoms with Crippen molar-refractivity contribution in [1.29, 1.82) is 0 Å². The van der Waals surface area contributed by atoms with E-state index < -0.39 is 11.5 Å². The molecule has 112 valence electrons. The molecule has 1 aromatic rings. The van der Waals surface area contributed by atoms with Gasteiger partial charge in [0.05, 0.1) is 6.26 Å². The number of rotatable bonds is 3. The largest absolute Gasteiger partial charge is 0.465 e. The van der Waals surface area contributed by atoms with Gasteiger partial charge in [0.15, 0.2) is 5.76 Å². The van der Waals surface area contributed by atoms with Gasteiger partial charge in [0, 0.05) is 12.6 Å². The van der Waals surface area contributed by atoms with Gasteiger partial charge in [0.2, 0.25) is 0 Å². The van der Waals surface area contributed by atoms with Crippen LogP contribution in [0.4, 0.5) is 0 Å². The number of aliphatic hydroxyl groups is 1. The smallest absolute Gasteiger partial charge is 0.273 e. The van der Waals surface area contributed by atoms with E-state index in [9.17, 15) is 9.90 Å². The lowest BCUT2D eigenvalue weighted by atomic mass is 9.83. The fraction of sp³-hybridized carbons (Fsp3) is 0.562. The van der Waals surface area contributed by atoms with Gasteiger partial charge in [-0.15, -0.1) is 5.92 Å². The molecule has 0 radical (unpaired) electrons. The second-order valence-electron chi connectivity index (χ2n) is 5.78. The Bertz CT molecular complexity index is 564. The topological polar surface area (TPSA) is 65.7 Å². The molecule has 5 heteroatoms. The zero-order chi connectivity index (χ0) is 14.9. The van der Waals surface area contributed by atoms with Crippen molar-refractivity contribution in [2.24, 2.45) is 5.92 Å². The molecule has 4 heterocycles. The third kappa shape index (κ3) is 2.57. The molecule has 1 aromatic heterocycles. The highest BCUT2D eigenvalue weighted by atomic mass is 16.4. The van der Waals surface area contributed by atoms with Gasteiger partial charge in [0.25, 0.3) is 11.5 Å². The normalized spacial score (nSPS) is 30.1. The molecule has 0 spiro atoms. The van der Waals surface area contributed by atoms with Crippen LogP contribution in [0, 0.1) is 17.8 Å². The van der Waals surface area contributed by atoms with E-state index in [1.165, 1.54) is 6.26 Å². The van der Waals surface area contributed by atoms with Crippen LogP contribution >= 0.6 is 0 Å². The van der Waals surface area contributed by atoms with Crippen molar-refractivity contribution in [2.75, 3.05) is 19.6 Å². The van der Waals surface area contributed by atoms with Crippen LogP contribution < -0.4 is 5.32 Å². The summed E-state index contributed by atoms with van der Waals surface area (Å²) in [4.78, 5) is 14.9. The van der Waals surface area contributed by atoms with Crippen LogP contribution in [0.25, 0.3) is 0 Å². The molecule has 5 nitrogen and oxygen atoms in total. The van der Waals surface area contributed by atoms with E-state index in [1.807, 2.05) is 0 Å². The number of nitrogens with zero attached hydrogens (tertiary/aromatic N) is 1. The van der Waals surface area contributed by atoms with Gasteiger partial charge in [-0.05, 0) is 50.9 Å². The maximum Gasteiger partial charge on any atom is 0.273 e. The molecule has 0 saturated carbocycles. The molecular formula is C16H20N2O3. The average molecular weight is 288 g/mol. The van der Waals surface area contributed by atoms with E-state index >= 15 is 0 Å². The summed E-state index contributed by atoms with van der Waals surface area (Å²) in [6.45, 7) is 4.65. The first-order chi connectivity index (χ1) is 10.1. The van der Waals surface area contributed by atoms with Crippen LogP contribution in [-0.2, 0) is 10.4 Å². The Morgan fingerprint density at radius 3 is 2.81 bits per heavy atom. The minimum absolute atomic E-state index is 0.0835. The Morgan fingerprint density at radius 1 is 1.52 bits per heavy atom. The summed E-state index contributed by atoms with van der Waals surface area (Å²) < 4.78 is 5.20. The van der Waals surface area contributed by atoms with E-state index in [4.69, 9.17) is 4.42 Å². The van der Waals surface area contributed by atoms with Crippen molar-refractivity contribution in [2.45, 2.75) is 31.4 Å². The summed E-state index contributed by atoms with van der Waals surface area (Å²) in [7, 11) is 0. The Balaban J connectivity index is 1.77. The third-order valence-electron chi connectivity index (χ3n) is 4.48. The monoisotopic (exact) mass is 288 g/mol. The first kappa shape index (κ1) is 14.2. The molecule has 1 amide bonds. The summed E-state index contributed by atoms with van der Waals surface area (Å²) in [6.07, 6.45) is 3.63. The molecule has 0 aromatic carbocycles. The van der Waals surface area contributed by atoms with Gasteiger partial charge in [0.1, 0.15) is 0 Å². The lowest BCUT2D eigenvalue weighted by molar-refractivity contribution is -0.138. The van der Waals surface area contributed by atoms with Gasteiger partial charge >= 0.3 is 0 Å². The van der Waals surface area contributed by atoms with Crippen LogP contribution in [-0.4, -0.2) is 41.6 Å². The Morgan fingerprint density at radius 2 is 2.29 bits per heavy atom. The van der Waals surface area contributed by atoms with Crippen LogP contribution in [0.2, 0.25) is 0 Å². The molecule has 3 aliphatic rings. The molecule has 4 rings (SSSR count). The summed E-state index contributed by atoms with van der Waals surface area (Å²) in [5.41, 5.74) is -1.91.